The molecule has 0 bridgehead atoms. The minimum Gasteiger partial charge on any atom is -0.497 e. The minimum absolute atomic E-state index is 0.0813. The molecule has 0 aliphatic heterocycles. The van der Waals surface area contributed by atoms with Crippen molar-refractivity contribution < 1.29 is 9.13 Å². The zero-order chi connectivity index (χ0) is 14.9. The summed E-state index contributed by atoms with van der Waals surface area (Å²) in [5.74, 6) is 0.159. The normalized spacial score (nSPS) is 13.3. The quantitative estimate of drug-likeness (QED) is 0.678. The number of alkyl halides is 1. The van der Waals surface area contributed by atoms with Gasteiger partial charge in [-0.05, 0) is 23.6 Å². The number of hydrogen-bond acceptors (Lipinski definition) is 2. The third kappa shape index (κ3) is 3.15. The molecule has 0 N–H and O–H groups in total. The van der Waals surface area contributed by atoms with Crippen molar-refractivity contribution in [2.24, 2.45) is 0 Å². The lowest BCUT2D eigenvalue weighted by molar-refractivity contribution is 0.411. The monoisotopic (exact) mass is 312 g/mol. The summed E-state index contributed by atoms with van der Waals surface area (Å²) in [5, 5.41) is -0.470. The van der Waals surface area contributed by atoms with Crippen LogP contribution in [0.2, 0.25) is 0 Å². The maximum absolute atomic E-state index is 14.1. The Labute approximate surface area is 128 Å². The van der Waals surface area contributed by atoms with Gasteiger partial charge in [0.25, 0.3) is 0 Å². The van der Waals surface area contributed by atoms with Crippen molar-refractivity contribution in [3.63, 3.8) is 0 Å². The molecule has 0 spiro atoms. The first kappa shape index (κ1) is 15.3. The van der Waals surface area contributed by atoms with Crippen molar-refractivity contribution in [1.29, 1.82) is 0 Å². The number of benzene rings is 1. The van der Waals surface area contributed by atoms with Gasteiger partial charge < -0.3 is 4.74 Å². The third-order valence-electron chi connectivity index (χ3n) is 3.10. The second-order valence-corrected chi connectivity index (χ2v) is 7.25. The number of rotatable bonds is 3. The average Bonchev–Trinajstić information content (AvgIpc) is 2.87. The van der Waals surface area contributed by atoms with Crippen molar-refractivity contribution >= 4 is 22.9 Å². The predicted molar refractivity (Wildman–Crippen MR) is 83.7 cm³/mol. The molecule has 1 atom stereocenters. The van der Waals surface area contributed by atoms with E-state index in [1.54, 1.807) is 23.5 Å². The van der Waals surface area contributed by atoms with Gasteiger partial charge in [0.15, 0.2) is 0 Å². The first-order valence-corrected chi connectivity index (χ1v) is 7.66. The van der Waals surface area contributed by atoms with Crippen molar-refractivity contribution in [2.75, 3.05) is 7.11 Å². The van der Waals surface area contributed by atoms with Crippen LogP contribution in [-0.4, -0.2) is 7.11 Å². The molecule has 1 nitrogen and oxygen atoms in total. The molecule has 1 aromatic carbocycles. The SMILES string of the molecule is COc1ccc(C(Cl)c2ccc(C(C)(C)C)s2)c(F)c1. The summed E-state index contributed by atoms with van der Waals surface area (Å²) in [5.41, 5.74) is 0.563. The van der Waals surface area contributed by atoms with Crippen molar-refractivity contribution in [1.82, 2.24) is 0 Å². The van der Waals surface area contributed by atoms with Gasteiger partial charge in [-0.15, -0.1) is 22.9 Å². The number of halogens is 2. The van der Waals surface area contributed by atoms with Crippen LogP contribution in [0.3, 0.4) is 0 Å². The van der Waals surface area contributed by atoms with Gasteiger partial charge in [-0.2, -0.15) is 0 Å². The first-order chi connectivity index (χ1) is 9.32. The molecule has 0 radical (unpaired) electrons. The molecule has 0 fully saturated rings. The van der Waals surface area contributed by atoms with Crippen LogP contribution in [0.1, 0.15) is 41.5 Å². The summed E-state index contributed by atoms with van der Waals surface area (Å²) >= 11 is 8.06. The fraction of sp³-hybridized carbons (Fsp3) is 0.375. The molecule has 108 valence electrons. The Balaban J connectivity index is 2.31. The van der Waals surface area contributed by atoms with Crippen LogP contribution in [-0.2, 0) is 5.41 Å². The standard InChI is InChI=1S/C16H18ClFOS/c1-16(2,3)14-8-7-13(20-14)15(17)11-6-5-10(19-4)9-12(11)18/h5-9,15H,1-4H3. The Morgan fingerprint density at radius 1 is 1.20 bits per heavy atom. The third-order valence-corrected chi connectivity index (χ3v) is 5.27. The molecule has 1 heterocycles. The van der Waals surface area contributed by atoms with Gasteiger partial charge in [-0.1, -0.05) is 26.8 Å². The van der Waals surface area contributed by atoms with Gasteiger partial charge >= 0.3 is 0 Å². The highest BCUT2D eigenvalue weighted by molar-refractivity contribution is 7.12. The smallest absolute Gasteiger partial charge is 0.131 e. The maximum Gasteiger partial charge on any atom is 0.131 e. The van der Waals surface area contributed by atoms with Gasteiger partial charge in [0.05, 0.1) is 12.5 Å². The fourth-order valence-corrected chi connectivity index (χ4v) is 3.33. The van der Waals surface area contributed by atoms with Gasteiger partial charge in [0.1, 0.15) is 11.6 Å². The Morgan fingerprint density at radius 2 is 1.90 bits per heavy atom. The van der Waals surface area contributed by atoms with E-state index in [1.807, 2.05) is 6.07 Å². The van der Waals surface area contributed by atoms with Crippen LogP contribution in [0, 0.1) is 5.82 Å². The summed E-state index contributed by atoms with van der Waals surface area (Å²) in [7, 11) is 1.52. The maximum atomic E-state index is 14.1. The fourth-order valence-electron chi connectivity index (χ4n) is 1.89. The highest BCUT2D eigenvalue weighted by Crippen LogP contribution is 2.39. The Morgan fingerprint density at radius 3 is 2.40 bits per heavy atom. The van der Waals surface area contributed by atoms with Crippen LogP contribution in [0.5, 0.6) is 5.75 Å². The zero-order valence-corrected chi connectivity index (χ0v) is 13.6. The molecule has 0 saturated carbocycles. The number of thiophene rings is 1. The molecule has 1 aromatic heterocycles. The molecule has 20 heavy (non-hydrogen) atoms. The zero-order valence-electron chi connectivity index (χ0n) is 12.0. The molecule has 4 heteroatoms. The van der Waals surface area contributed by atoms with Gasteiger partial charge in [0.2, 0.25) is 0 Å². The molecule has 2 rings (SSSR count). The van der Waals surface area contributed by atoms with E-state index in [4.69, 9.17) is 16.3 Å². The van der Waals surface area contributed by atoms with Gasteiger partial charge in [-0.3, -0.25) is 0 Å². The van der Waals surface area contributed by atoms with E-state index >= 15 is 0 Å². The molecule has 0 aliphatic carbocycles. The predicted octanol–water partition coefficient (Wildman–Crippen LogP) is 5.52. The lowest BCUT2D eigenvalue weighted by atomic mass is 9.95. The van der Waals surface area contributed by atoms with Gasteiger partial charge in [0, 0.05) is 21.4 Å². The summed E-state index contributed by atoms with van der Waals surface area (Å²) in [6.07, 6.45) is 0. The molecule has 1 unspecified atom stereocenters. The highest BCUT2D eigenvalue weighted by Gasteiger charge is 2.21. The Kier molecular flexibility index (Phi) is 4.40. The van der Waals surface area contributed by atoms with Crippen LogP contribution in [0.25, 0.3) is 0 Å². The van der Waals surface area contributed by atoms with E-state index in [2.05, 4.69) is 26.8 Å². The van der Waals surface area contributed by atoms with Crippen molar-refractivity contribution in [3.8, 4) is 5.75 Å². The lowest BCUT2D eigenvalue weighted by Crippen LogP contribution is -2.07. The number of ether oxygens (including phenoxy) is 1. The van der Waals surface area contributed by atoms with Crippen LogP contribution in [0.4, 0.5) is 4.39 Å². The molecule has 0 amide bonds. The lowest BCUT2D eigenvalue weighted by Gasteiger charge is -2.16. The van der Waals surface area contributed by atoms with E-state index in [9.17, 15) is 4.39 Å². The van der Waals surface area contributed by atoms with E-state index in [1.165, 1.54) is 18.1 Å². The largest absolute Gasteiger partial charge is 0.497 e. The molecule has 2 aromatic rings. The summed E-state index contributed by atoms with van der Waals surface area (Å²) < 4.78 is 19.1. The second kappa shape index (κ2) is 5.74. The van der Waals surface area contributed by atoms with E-state index in [0.717, 1.165) is 4.88 Å². The Hall–Kier alpha value is -1.06. The van der Waals surface area contributed by atoms with Crippen LogP contribution in [0.15, 0.2) is 30.3 Å². The van der Waals surface area contributed by atoms with E-state index in [0.29, 0.717) is 11.3 Å². The molecular weight excluding hydrogens is 295 g/mol. The van der Waals surface area contributed by atoms with E-state index in [-0.39, 0.29) is 11.2 Å². The average molecular weight is 313 g/mol. The van der Waals surface area contributed by atoms with Gasteiger partial charge in [-0.25, -0.2) is 4.39 Å². The van der Waals surface area contributed by atoms with Crippen molar-refractivity contribution in [2.45, 2.75) is 31.6 Å². The van der Waals surface area contributed by atoms with Crippen LogP contribution >= 0.6 is 22.9 Å². The van der Waals surface area contributed by atoms with Crippen molar-refractivity contribution in [3.05, 3.63) is 51.5 Å². The molecule has 0 aliphatic rings. The number of hydrogen-bond donors (Lipinski definition) is 0. The second-order valence-electron chi connectivity index (χ2n) is 5.70. The Bertz CT molecular complexity index is 601. The number of methoxy groups -OCH3 is 1. The topological polar surface area (TPSA) is 9.23 Å². The summed E-state index contributed by atoms with van der Waals surface area (Å²) in [6.45, 7) is 6.46. The first-order valence-electron chi connectivity index (χ1n) is 6.40. The highest BCUT2D eigenvalue weighted by atomic mass is 35.5. The van der Waals surface area contributed by atoms with Crippen LogP contribution < -0.4 is 4.74 Å². The van der Waals surface area contributed by atoms with E-state index < -0.39 is 5.38 Å². The summed E-state index contributed by atoms with van der Waals surface area (Å²) in [6, 6.07) is 8.82. The molecular formula is C16H18ClFOS. The molecule has 0 saturated heterocycles. The summed E-state index contributed by atoms with van der Waals surface area (Å²) in [4.78, 5) is 2.20. The minimum atomic E-state index is -0.470.